The molecule has 1 atom stereocenters. The molecule has 1 unspecified atom stereocenters. The molecule has 0 bridgehead atoms. The van der Waals surface area contributed by atoms with Gasteiger partial charge in [0.05, 0.1) is 0 Å². The van der Waals surface area contributed by atoms with Crippen LogP contribution in [-0.4, -0.2) is 22.9 Å². The van der Waals surface area contributed by atoms with Gasteiger partial charge in [-0.3, -0.25) is 0 Å². The van der Waals surface area contributed by atoms with E-state index in [1.165, 1.54) is 32.1 Å². The minimum atomic E-state index is -1.31. The summed E-state index contributed by atoms with van der Waals surface area (Å²) in [5.74, 6) is 0.854. The van der Waals surface area contributed by atoms with Gasteiger partial charge in [-0.25, -0.2) is 0 Å². The summed E-state index contributed by atoms with van der Waals surface area (Å²) in [5.41, 5.74) is 0.453. The van der Waals surface area contributed by atoms with E-state index in [4.69, 9.17) is 0 Å². The molecular weight excluding hydrogens is 275 g/mol. The van der Waals surface area contributed by atoms with Crippen molar-refractivity contribution in [2.75, 3.05) is 0 Å². The molecule has 0 radical (unpaired) electrons. The molecule has 2 heteroatoms. The van der Waals surface area contributed by atoms with E-state index in [-0.39, 0.29) is 0 Å². The molecule has 0 aromatic carbocycles. The Morgan fingerprint density at radius 1 is 1.14 bits per heavy atom. The third-order valence-electron chi connectivity index (χ3n) is 2.99. The number of unbranched alkanes of at least 4 members (excludes halogenated alkanes) is 1. The Morgan fingerprint density at radius 2 is 1.79 bits per heavy atom. The first-order valence-corrected chi connectivity index (χ1v) is 9.63. The molecule has 0 aliphatic rings. The maximum atomic E-state index is 10.5. The Balaban J connectivity index is 3.79. The van der Waals surface area contributed by atoms with Crippen LogP contribution in [0.2, 0.25) is 4.18 Å². The van der Waals surface area contributed by atoms with Crippen LogP contribution in [0.15, 0.2) is 0 Å². The summed E-state index contributed by atoms with van der Waals surface area (Å²) in [7, 11) is 0. The normalized spacial score (nSPS) is 13.7. The Hall–Kier alpha value is 0.670. The third-order valence-corrected chi connectivity index (χ3v) is 4.82. The van der Waals surface area contributed by atoms with Gasteiger partial charge in [0.1, 0.15) is 0 Å². The van der Waals surface area contributed by atoms with E-state index in [1.54, 1.807) is 0 Å². The second-order valence-corrected chi connectivity index (χ2v) is 7.90. The van der Waals surface area contributed by atoms with Gasteiger partial charge in [0.15, 0.2) is 0 Å². The fourth-order valence-electron chi connectivity index (χ4n) is 1.98. The maximum absolute atomic E-state index is 10.5. The van der Waals surface area contributed by atoms with Gasteiger partial charge < -0.3 is 0 Å². The van der Waals surface area contributed by atoms with Crippen LogP contribution in [0.3, 0.4) is 0 Å². The fourth-order valence-corrected chi connectivity index (χ4v) is 3.28. The molecule has 14 heavy (non-hydrogen) atoms. The monoisotopic (exact) mass is 300 g/mol. The first kappa shape index (κ1) is 14.7. The molecule has 0 heterocycles. The summed E-state index contributed by atoms with van der Waals surface area (Å²) >= 11 is -1.31. The Kier molecular flexibility index (Phi) is 8.27. The van der Waals surface area contributed by atoms with Crippen molar-refractivity contribution < 1.29 is 2.85 Å². The summed E-state index contributed by atoms with van der Waals surface area (Å²) in [6.07, 6.45) is 6.47. The summed E-state index contributed by atoms with van der Waals surface area (Å²) in [6.45, 7) is 9.31. The Labute approximate surface area is 101 Å². The fraction of sp³-hybridized carbons (Fsp3) is 1.00. The van der Waals surface area contributed by atoms with E-state index < -0.39 is 22.9 Å². The predicted octanol–water partition coefficient (Wildman–Crippen LogP) is 4.09. The Bertz CT molecular complexity index is 149. The van der Waals surface area contributed by atoms with E-state index >= 15 is 0 Å². The van der Waals surface area contributed by atoms with Gasteiger partial charge in [-0.15, -0.1) is 0 Å². The quantitative estimate of drug-likeness (QED) is 0.647. The molecule has 0 aromatic heterocycles. The molecule has 1 nitrogen and oxygen atoms in total. The molecule has 82 valence electrons. The molecule has 0 aromatic rings. The number of rotatable bonds is 7. The van der Waals surface area contributed by atoms with E-state index in [0.29, 0.717) is 5.41 Å². The van der Waals surface area contributed by atoms with Crippen molar-refractivity contribution in [3.8, 4) is 0 Å². The molecule has 0 rings (SSSR count). The molecule has 0 fully saturated rings. The molecule has 0 aliphatic heterocycles. The second kappa shape index (κ2) is 7.90. The number of hydrogen-bond acceptors (Lipinski definition) is 1. The van der Waals surface area contributed by atoms with Crippen molar-refractivity contribution >= 4 is 22.9 Å². The average molecular weight is 300 g/mol. The van der Waals surface area contributed by atoms with Crippen LogP contribution in [-0.2, 0) is 2.85 Å². The van der Waals surface area contributed by atoms with Gasteiger partial charge in [0.25, 0.3) is 0 Å². The van der Waals surface area contributed by atoms with E-state index in [0.717, 1.165) is 10.1 Å². The van der Waals surface area contributed by atoms with Crippen molar-refractivity contribution in [1.82, 2.24) is 0 Å². The predicted molar refractivity (Wildman–Crippen MR) is 63.0 cm³/mol. The summed E-state index contributed by atoms with van der Waals surface area (Å²) in [6, 6.07) is 0. The summed E-state index contributed by atoms with van der Waals surface area (Å²) in [4.78, 5) is 0. The molecular formula is C12H25InO. The second-order valence-electron chi connectivity index (χ2n) is 5.30. The van der Waals surface area contributed by atoms with Crippen LogP contribution in [0.4, 0.5) is 0 Å². The van der Waals surface area contributed by atoms with Gasteiger partial charge in [-0.1, -0.05) is 0 Å². The SMILES string of the molecule is CCCC(CCC[CH2][In]=[O])C(C)(C)C. The van der Waals surface area contributed by atoms with Crippen molar-refractivity contribution in [3.05, 3.63) is 0 Å². The van der Waals surface area contributed by atoms with Crippen molar-refractivity contribution in [1.29, 1.82) is 0 Å². The minimum absolute atomic E-state index is 0.453. The van der Waals surface area contributed by atoms with Crippen LogP contribution in [0.25, 0.3) is 0 Å². The first-order chi connectivity index (χ1) is 6.52. The third kappa shape index (κ3) is 7.03. The van der Waals surface area contributed by atoms with Gasteiger partial charge in [0.2, 0.25) is 0 Å². The van der Waals surface area contributed by atoms with Gasteiger partial charge >= 0.3 is 101 Å². The molecule has 0 amide bonds. The molecule has 0 saturated carbocycles. The zero-order valence-corrected chi connectivity index (χ0v) is 13.6. The average Bonchev–Trinajstić information content (AvgIpc) is 2.08. The molecule has 0 spiro atoms. The van der Waals surface area contributed by atoms with E-state index in [9.17, 15) is 2.85 Å². The zero-order valence-electron chi connectivity index (χ0n) is 10.3. The standard InChI is InChI=1S/C12H25.In.O/c1-6-8-10-11(9-7-2)12(3,4)5;;/h11H,1,6-10H2,2-5H3;;. The topological polar surface area (TPSA) is 17.1 Å². The van der Waals surface area contributed by atoms with Crippen LogP contribution in [0.1, 0.15) is 59.8 Å². The molecule has 0 N–H and O–H groups in total. The zero-order chi connectivity index (χ0) is 11.0. The molecule has 0 aliphatic carbocycles. The van der Waals surface area contributed by atoms with Crippen molar-refractivity contribution in [2.24, 2.45) is 11.3 Å². The van der Waals surface area contributed by atoms with Crippen LogP contribution < -0.4 is 0 Å². The van der Waals surface area contributed by atoms with Crippen molar-refractivity contribution in [3.63, 3.8) is 0 Å². The van der Waals surface area contributed by atoms with Gasteiger partial charge in [0, 0.05) is 0 Å². The summed E-state index contributed by atoms with van der Waals surface area (Å²) in [5, 5.41) is 0. The number of hydrogen-bond donors (Lipinski definition) is 0. The van der Waals surface area contributed by atoms with Crippen LogP contribution in [0, 0.1) is 11.3 Å². The first-order valence-electron chi connectivity index (χ1n) is 5.96. The van der Waals surface area contributed by atoms with E-state index in [1.807, 2.05) is 0 Å². The van der Waals surface area contributed by atoms with E-state index in [2.05, 4.69) is 27.7 Å². The van der Waals surface area contributed by atoms with Crippen molar-refractivity contribution in [2.45, 2.75) is 64.0 Å². The Morgan fingerprint density at radius 3 is 2.21 bits per heavy atom. The van der Waals surface area contributed by atoms with Crippen LogP contribution >= 0.6 is 0 Å². The summed E-state index contributed by atoms with van der Waals surface area (Å²) < 4.78 is 11.5. The van der Waals surface area contributed by atoms with Crippen LogP contribution in [0.5, 0.6) is 0 Å². The van der Waals surface area contributed by atoms with Gasteiger partial charge in [-0.05, 0) is 0 Å². The molecule has 0 saturated heterocycles. The van der Waals surface area contributed by atoms with Gasteiger partial charge in [-0.2, -0.15) is 0 Å².